The van der Waals surface area contributed by atoms with Gasteiger partial charge in [-0.25, -0.2) is 0 Å². The van der Waals surface area contributed by atoms with Crippen LogP contribution in [0.25, 0.3) is 16.8 Å². The molecule has 38 heavy (non-hydrogen) atoms. The Bertz CT molecular complexity index is 1120. The SMILES string of the molecule is COc1ccc2cc(/C=C/C(=O)C[C@@H]3OC(CO)[C@@H](O[C@@H]4OC(CO)[C@@H](O)C(O)C4O)CC3O)ccc2c1. The van der Waals surface area contributed by atoms with Crippen LogP contribution in [0.5, 0.6) is 5.75 Å². The Hall–Kier alpha value is -2.45. The Kier molecular flexibility index (Phi) is 9.47. The van der Waals surface area contributed by atoms with Gasteiger partial charge in [0.15, 0.2) is 12.1 Å². The lowest BCUT2D eigenvalue weighted by Gasteiger charge is -2.44. The molecule has 11 heteroatoms. The summed E-state index contributed by atoms with van der Waals surface area (Å²) in [4.78, 5) is 12.6. The standard InChI is InChI=1S/C27H34O11/c1-35-18-7-5-15-8-14(2-4-16(15)9-18)3-6-17(30)10-20-19(31)11-21(22(12-28)36-20)37-27-26(34)25(33)24(32)23(13-29)38-27/h2-9,19-29,31-34H,10-13H2,1H3/b6-3+/t19?,20-,21-,22?,23?,24+,25?,26?,27+/m0/s1. The summed E-state index contributed by atoms with van der Waals surface area (Å²) in [5.74, 6) is 0.470. The molecule has 2 aromatic rings. The second kappa shape index (κ2) is 12.6. The highest BCUT2D eigenvalue weighted by atomic mass is 16.7. The van der Waals surface area contributed by atoms with Gasteiger partial charge in [-0.05, 0) is 40.6 Å². The van der Waals surface area contributed by atoms with Crippen molar-refractivity contribution in [3.8, 4) is 5.75 Å². The number of ether oxygens (including phenoxy) is 4. The van der Waals surface area contributed by atoms with Crippen molar-refractivity contribution >= 4 is 22.6 Å². The van der Waals surface area contributed by atoms with Crippen LogP contribution in [0.2, 0.25) is 0 Å². The molecule has 0 amide bonds. The van der Waals surface area contributed by atoms with Gasteiger partial charge in [0.25, 0.3) is 0 Å². The third-order valence-electron chi connectivity index (χ3n) is 6.94. The fraction of sp³-hybridized carbons (Fsp3) is 0.519. The highest BCUT2D eigenvalue weighted by Crippen LogP contribution is 2.30. The lowest BCUT2D eigenvalue weighted by atomic mass is 9.94. The quantitative estimate of drug-likeness (QED) is 0.229. The maximum atomic E-state index is 12.6. The van der Waals surface area contributed by atoms with Crippen LogP contribution in [-0.4, -0.2) is 112 Å². The molecule has 5 unspecified atom stereocenters. The second-order valence-electron chi connectivity index (χ2n) is 9.55. The van der Waals surface area contributed by atoms with Crippen molar-refractivity contribution in [2.24, 2.45) is 0 Å². The van der Waals surface area contributed by atoms with E-state index in [1.807, 2.05) is 36.4 Å². The van der Waals surface area contributed by atoms with Crippen molar-refractivity contribution in [1.82, 2.24) is 0 Å². The maximum absolute atomic E-state index is 12.6. The summed E-state index contributed by atoms with van der Waals surface area (Å²) in [6.07, 6.45) is -8.43. The van der Waals surface area contributed by atoms with Crippen molar-refractivity contribution in [2.75, 3.05) is 20.3 Å². The number of methoxy groups -OCH3 is 1. The van der Waals surface area contributed by atoms with E-state index >= 15 is 0 Å². The topological polar surface area (TPSA) is 175 Å². The van der Waals surface area contributed by atoms with Crippen LogP contribution in [-0.2, 0) is 19.0 Å². The molecular formula is C27H34O11. The summed E-state index contributed by atoms with van der Waals surface area (Å²) in [6, 6.07) is 11.4. The van der Waals surface area contributed by atoms with Gasteiger partial charge in [-0.1, -0.05) is 24.3 Å². The number of hydrogen-bond acceptors (Lipinski definition) is 11. The molecule has 4 rings (SSSR count). The predicted octanol–water partition coefficient (Wildman–Crippen LogP) is -0.483. The number of hydrogen-bond donors (Lipinski definition) is 6. The van der Waals surface area contributed by atoms with Gasteiger partial charge in [-0.2, -0.15) is 0 Å². The summed E-state index contributed by atoms with van der Waals surface area (Å²) in [7, 11) is 1.60. The molecule has 2 aliphatic rings. The number of carbonyl (C=O) groups excluding carboxylic acids is 1. The lowest BCUT2D eigenvalue weighted by molar-refractivity contribution is -0.328. The van der Waals surface area contributed by atoms with Crippen molar-refractivity contribution in [3.05, 3.63) is 48.0 Å². The number of ketones is 1. The van der Waals surface area contributed by atoms with Gasteiger partial charge in [0.1, 0.15) is 36.3 Å². The molecule has 0 bridgehead atoms. The summed E-state index contributed by atoms with van der Waals surface area (Å²) in [6.45, 7) is -1.12. The first-order valence-electron chi connectivity index (χ1n) is 12.4. The smallest absolute Gasteiger partial charge is 0.187 e. The van der Waals surface area contributed by atoms with E-state index in [0.29, 0.717) is 0 Å². The maximum Gasteiger partial charge on any atom is 0.187 e. The average Bonchev–Trinajstić information content (AvgIpc) is 2.93. The van der Waals surface area contributed by atoms with Crippen molar-refractivity contribution in [2.45, 2.75) is 68.0 Å². The van der Waals surface area contributed by atoms with Gasteiger partial charge >= 0.3 is 0 Å². The predicted molar refractivity (Wildman–Crippen MR) is 134 cm³/mol. The molecule has 6 N–H and O–H groups in total. The van der Waals surface area contributed by atoms with Crippen molar-refractivity contribution < 1.29 is 54.4 Å². The zero-order valence-electron chi connectivity index (χ0n) is 20.9. The van der Waals surface area contributed by atoms with Crippen LogP contribution >= 0.6 is 0 Å². The van der Waals surface area contributed by atoms with Gasteiger partial charge in [-0.3, -0.25) is 4.79 Å². The number of fused-ring (bicyclic) bond motifs is 1. The van der Waals surface area contributed by atoms with Gasteiger partial charge in [0.05, 0.1) is 38.6 Å². The molecule has 0 radical (unpaired) electrons. The summed E-state index contributed by atoms with van der Waals surface area (Å²) >= 11 is 0. The van der Waals surface area contributed by atoms with Crippen molar-refractivity contribution in [3.63, 3.8) is 0 Å². The van der Waals surface area contributed by atoms with Crippen LogP contribution in [0.1, 0.15) is 18.4 Å². The van der Waals surface area contributed by atoms with Crippen LogP contribution in [0, 0.1) is 0 Å². The van der Waals surface area contributed by atoms with E-state index in [1.165, 1.54) is 6.08 Å². The molecule has 2 heterocycles. The number of aliphatic hydroxyl groups is 6. The van der Waals surface area contributed by atoms with E-state index in [1.54, 1.807) is 13.2 Å². The molecule has 0 spiro atoms. The van der Waals surface area contributed by atoms with E-state index in [0.717, 1.165) is 22.1 Å². The van der Waals surface area contributed by atoms with Crippen LogP contribution in [0.15, 0.2) is 42.5 Å². The minimum Gasteiger partial charge on any atom is -0.497 e. The van der Waals surface area contributed by atoms with Crippen molar-refractivity contribution in [1.29, 1.82) is 0 Å². The minimum atomic E-state index is -1.63. The van der Waals surface area contributed by atoms with E-state index < -0.39 is 68.3 Å². The number of rotatable bonds is 9. The Balaban J connectivity index is 1.35. The van der Waals surface area contributed by atoms with E-state index in [2.05, 4.69) is 0 Å². The summed E-state index contributed by atoms with van der Waals surface area (Å²) in [5, 5.41) is 61.9. The fourth-order valence-electron chi connectivity index (χ4n) is 4.71. The molecular weight excluding hydrogens is 500 g/mol. The monoisotopic (exact) mass is 534 g/mol. The molecule has 9 atom stereocenters. The number of carbonyl (C=O) groups is 1. The van der Waals surface area contributed by atoms with E-state index in [4.69, 9.17) is 18.9 Å². The van der Waals surface area contributed by atoms with Gasteiger partial charge in [-0.15, -0.1) is 0 Å². The molecule has 208 valence electrons. The zero-order valence-corrected chi connectivity index (χ0v) is 20.9. The lowest BCUT2D eigenvalue weighted by Crippen LogP contribution is -2.61. The van der Waals surface area contributed by atoms with Crippen LogP contribution < -0.4 is 4.74 Å². The minimum absolute atomic E-state index is 0.0456. The first-order valence-corrected chi connectivity index (χ1v) is 12.4. The zero-order chi connectivity index (χ0) is 27.4. The second-order valence-corrected chi connectivity index (χ2v) is 9.55. The molecule has 2 saturated heterocycles. The summed E-state index contributed by atoms with van der Waals surface area (Å²) in [5.41, 5.74) is 0.822. The van der Waals surface area contributed by atoms with Gasteiger partial charge in [0.2, 0.25) is 0 Å². The fourth-order valence-corrected chi connectivity index (χ4v) is 4.71. The Labute approximate surface area is 219 Å². The first-order chi connectivity index (χ1) is 18.2. The molecule has 2 fully saturated rings. The molecule has 0 saturated carbocycles. The largest absolute Gasteiger partial charge is 0.497 e. The molecule has 0 aliphatic carbocycles. The first kappa shape index (κ1) is 28.6. The molecule has 2 aliphatic heterocycles. The normalized spacial score (nSPS) is 34.0. The third-order valence-corrected chi connectivity index (χ3v) is 6.94. The third kappa shape index (κ3) is 6.40. The number of benzene rings is 2. The number of allylic oxidation sites excluding steroid dienone is 1. The number of aliphatic hydroxyl groups excluding tert-OH is 6. The van der Waals surface area contributed by atoms with Gasteiger partial charge in [0, 0.05) is 12.8 Å². The molecule has 0 aromatic heterocycles. The van der Waals surface area contributed by atoms with Crippen LogP contribution in [0.4, 0.5) is 0 Å². The Morgan fingerprint density at radius 1 is 0.921 bits per heavy atom. The Morgan fingerprint density at radius 2 is 1.63 bits per heavy atom. The highest BCUT2D eigenvalue weighted by Gasteiger charge is 2.47. The summed E-state index contributed by atoms with van der Waals surface area (Å²) < 4.78 is 22.0. The average molecular weight is 535 g/mol. The Morgan fingerprint density at radius 3 is 2.34 bits per heavy atom. The molecule has 2 aromatic carbocycles. The van der Waals surface area contributed by atoms with E-state index in [-0.39, 0.29) is 18.6 Å². The van der Waals surface area contributed by atoms with E-state index in [9.17, 15) is 35.4 Å². The van der Waals surface area contributed by atoms with Crippen LogP contribution in [0.3, 0.4) is 0 Å². The molecule has 11 nitrogen and oxygen atoms in total. The van der Waals surface area contributed by atoms with Gasteiger partial charge < -0.3 is 49.6 Å². The highest BCUT2D eigenvalue weighted by molar-refractivity contribution is 5.95.